The molecule has 1 N–H and O–H groups in total. The minimum atomic E-state index is -1.42. The summed E-state index contributed by atoms with van der Waals surface area (Å²) in [6.45, 7) is 1.49. The number of piperidine rings is 1. The van der Waals surface area contributed by atoms with Crippen molar-refractivity contribution in [1.29, 1.82) is 0 Å². The zero-order valence-corrected chi connectivity index (χ0v) is 18.5. The van der Waals surface area contributed by atoms with Crippen molar-refractivity contribution in [3.05, 3.63) is 58.9 Å². The quantitative estimate of drug-likeness (QED) is 0.408. The fourth-order valence-corrected chi connectivity index (χ4v) is 4.31. The summed E-state index contributed by atoms with van der Waals surface area (Å²) in [5.74, 6) is -2.32. The van der Waals surface area contributed by atoms with E-state index in [0.29, 0.717) is 12.1 Å². The van der Waals surface area contributed by atoms with Gasteiger partial charge in [0.15, 0.2) is 5.78 Å². The number of imide groups is 2. The molecule has 2 aliphatic heterocycles. The average Bonchev–Trinajstić information content (AvgIpc) is 3.05. The SMILES string of the molecule is CSc1ccc(C(=O)CCc2ccc3c(c2)C(=O)N([C@@]2(C)CCC(=O)NC2=O)C3=O)nc1. The number of aromatic nitrogens is 1. The third-order valence-corrected chi connectivity index (χ3v) is 6.64. The number of rotatable bonds is 6. The van der Waals surface area contributed by atoms with E-state index in [-0.39, 0.29) is 36.2 Å². The van der Waals surface area contributed by atoms with Crippen LogP contribution in [0.5, 0.6) is 0 Å². The molecule has 32 heavy (non-hydrogen) atoms. The summed E-state index contributed by atoms with van der Waals surface area (Å²) < 4.78 is 0. The molecule has 1 aromatic heterocycles. The number of benzene rings is 1. The van der Waals surface area contributed by atoms with E-state index in [9.17, 15) is 24.0 Å². The molecule has 164 valence electrons. The number of hydrogen-bond donors (Lipinski definition) is 1. The largest absolute Gasteiger partial charge is 0.294 e. The van der Waals surface area contributed by atoms with E-state index >= 15 is 0 Å². The molecule has 0 radical (unpaired) electrons. The number of aryl methyl sites for hydroxylation is 1. The van der Waals surface area contributed by atoms with E-state index in [2.05, 4.69) is 10.3 Å². The molecule has 0 saturated carbocycles. The average molecular weight is 452 g/mol. The standard InChI is InChI=1S/C23H21N3O5S/c1-23(10-9-19(28)25-22(23)31)26-20(29)15-6-3-13(11-16(15)21(26)30)4-8-18(27)17-7-5-14(32-2)12-24-17/h3,5-7,11-12H,4,8-10H2,1-2H3,(H,25,28,31)/t23-/m0/s1. The lowest BCUT2D eigenvalue weighted by molar-refractivity contribution is -0.140. The molecule has 2 aromatic rings. The highest BCUT2D eigenvalue weighted by molar-refractivity contribution is 7.98. The lowest BCUT2D eigenvalue weighted by Gasteiger charge is -2.38. The minimum absolute atomic E-state index is 0.0506. The summed E-state index contributed by atoms with van der Waals surface area (Å²) in [6.07, 6.45) is 4.30. The van der Waals surface area contributed by atoms with Crippen molar-refractivity contribution in [2.24, 2.45) is 0 Å². The first-order valence-corrected chi connectivity index (χ1v) is 11.4. The van der Waals surface area contributed by atoms with Crippen molar-refractivity contribution < 1.29 is 24.0 Å². The Hall–Kier alpha value is -3.33. The van der Waals surface area contributed by atoms with E-state index in [1.165, 1.54) is 6.92 Å². The van der Waals surface area contributed by atoms with Crippen molar-refractivity contribution in [3.8, 4) is 0 Å². The van der Waals surface area contributed by atoms with Crippen LogP contribution >= 0.6 is 11.8 Å². The monoisotopic (exact) mass is 451 g/mol. The molecule has 0 bridgehead atoms. The Bertz CT molecular complexity index is 1160. The predicted octanol–water partition coefficient (Wildman–Crippen LogP) is 2.41. The first-order chi connectivity index (χ1) is 15.2. The van der Waals surface area contributed by atoms with Gasteiger partial charge in [0.2, 0.25) is 5.91 Å². The smallest absolute Gasteiger partial charge is 0.262 e. The molecule has 4 amide bonds. The van der Waals surface area contributed by atoms with Crippen LogP contribution in [0.2, 0.25) is 0 Å². The molecule has 8 nitrogen and oxygen atoms in total. The highest BCUT2D eigenvalue weighted by Crippen LogP contribution is 2.34. The molecular weight excluding hydrogens is 430 g/mol. The molecule has 0 unspecified atom stereocenters. The number of ketones is 1. The molecule has 0 aliphatic carbocycles. The van der Waals surface area contributed by atoms with E-state index in [1.54, 1.807) is 42.2 Å². The highest BCUT2D eigenvalue weighted by atomic mass is 32.2. The van der Waals surface area contributed by atoms with E-state index in [0.717, 1.165) is 15.4 Å². The summed E-state index contributed by atoms with van der Waals surface area (Å²) in [4.78, 5) is 68.5. The van der Waals surface area contributed by atoms with Gasteiger partial charge in [-0.05, 0) is 55.9 Å². The minimum Gasteiger partial charge on any atom is -0.294 e. The molecular formula is C23H21N3O5S. The van der Waals surface area contributed by atoms with Gasteiger partial charge in [-0.3, -0.25) is 39.2 Å². The van der Waals surface area contributed by atoms with Crippen LogP contribution in [-0.4, -0.2) is 51.1 Å². The number of carbonyl (C=O) groups is 5. The van der Waals surface area contributed by atoms with Crippen molar-refractivity contribution in [2.75, 3.05) is 6.26 Å². The predicted molar refractivity (Wildman–Crippen MR) is 116 cm³/mol. The van der Waals surface area contributed by atoms with E-state index in [1.807, 2.05) is 12.3 Å². The zero-order chi connectivity index (χ0) is 23.0. The summed E-state index contributed by atoms with van der Waals surface area (Å²) in [6, 6.07) is 8.39. The van der Waals surface area contributed by atoms with Gasteiger partial charge >= 0.3 is 0 Å². The Morgan fingerprint density at radius 1 is 1.12 bits per heavy atom. The Morgan fingerprint density at radius 2 is 1.88 bits per heavy atom. The van der Waals surface area contributed by atoms with Crippen LogP contribution in [0.1, 0.15) is 63.0 Å². The maximum absolute atomic E-state index is 13.1. The third kappa shape index (κ3) is 3.73. The molecule has 1 fully saturated rings. The molecule has 3 heterocycles. The van der Waals surface area contributed by atoms with Crippen molar-refractivity contribution in [2.45, 2.75) is 43.0 Å². The number of carbonyl (C=O) groups excluding carboxylic acids is 5. The van der Waals surface area contributed by atoms with Crippen LogP contribution in [0, 0.1) is 0 Å². The summed E-state index contributed by atoms with van der Waals surface area (Å²) in [5.41, 5.74) is 0.103. The fourth-order valence-electron chi connectivity index (χ4n) is 3.95. The normalized spacial score (nSPS) is 20.4. The second-order valence-corrected chi connectivity index (χ2v) is 8.86. The first-order valence-electron chi connectivity index (χ1n) is 10.1. The number of amides is 4. The van der Waals surface area contributed by atoms with Gasteiger partial charge in [-0.1, -0.05) is 6.07 Å². The van der Waals surface area contributed by atoms with Gasteiger partial charge in [0.25, 0.3) is 17.7 Å². The molecule has 4 rings (SSSR count). The topological polar surface area (TPSA) is 114 Å². The van der Waals surface area contributed by atoms with Crippen LogP contribution < -0.4 is 5.32 Å². The number of nitrogens with zero attached hydrogens (tertiary/aromatic N) is 2. The maximum atomic E-state index is 13.1. The van der Waals surface area contributed by atoms with Gasteiger partial charge < -0.3 is 0 Å². The maximum Gasteiger partial charge on any atom is 0.262 e. The van der Waals surface area contributed by atoms with Gasteiger partial charge in [-0.2, -0.15) is 0 Å². The Balaban J connectivity index is 1.51. The van der Waals surface area contributed by atoms with Gasteiger partial charge in [-0.25, -0.2) is 0 Å². The van der Waals surface area contributed by atoms with Crippen LogP contribution in [0.3, 0.4) is 0 Å². The molecule has 0 spiro atoms. The van der Waals surface area contributed by atoms with Crippen molar-refractivity contribution >= 4 is 41.2 Å². The number of hydrogen-bond acceptors (Lipinski definition) is 7. The first kappa shape index (κ1) is 21.9. The van der Waals surface area contributed by atoms with Crippen LogP contribution in [-0.2, 0) is 16.0 Å². The third-order valence-electron chi connectivity index (χ3n) is 5.92. The second kappa shape index (κ2) is 8.31. The van der Waals surface area contributed by atoms with Crippen LogP contribution in [0.25, 0.3) is 0 Å². The molecule has 1 aromatic carbocycles. The fraction of sp³-hybridized carbons (Fsp3) is 0.304. The summed E-state index contributed by atoms with van der Waals surface area (Å²) in [7, 11) is 0. The highest BCUT2D eigenvalue weighted by Gasteiger charge is 2.52. The van der Waals surface area contributed by atoms with Gasteiger partial charge in [0.1, 0.15) is 11.2 Å². The second-order valence-electron chi connectivity index (χ2n) is 7.98. The molecule has 9 heteroatoms. The van der Waals surface area contributed by atoms with Gasteiger partial charge in [0, 0.05) is 23.9 Å². The number of fused-ring (bicyclic) bond motifs is 1. The Morgan fingerprint density at radius 3 is 2.53 bits per heavy atom. The molecule has 2 aliphatic rings. The Kier molecular flexibility index (Phi) is 5.68. The van der Waals surface area contributed by atoms with Crippen LogP contribution in [0.4, 0.5) is 0 Å². The van der Waals surface area contributed by atoms with Crippen LogP contribution in [0.15, 0.2) is 41.4 Å². The summed E-state index contributed by atoms with van der Waals surface area (Å²) in [5, 5.41) is 2.21. The Labute approximate surface area is 188 Å². The van der Waals surface area contributed by atoms with Gasteiger partial charge in [-0.15, -0.1) is 11.8 Å². The number of thioether (sulfide) groups is 1. The molecule has 1 atom stereocenters. The summed E-state index contributed by atoms with van der Waals surface area (Å²) >= 11 is 1.54. The number of Topliss-reactive ketones (excluding diaryl/α,β-unsaturated/α-hetero) is 1. The number of nitrogens with one attached hydrogen (secondary N) is 1. The lowest BCUT2D eigenvalue weighted by Crippen LogP contribution is -2.62. The van der Waals surface area contributed by atoms with E-state index in [4.69, 9.17) is 0 Å². The number of pyridine rings is 1. The van der Waals surface area contributed by atoms with Crippen molar-refractivity contribution in [3.63, 3.8) is 0 Å². The molecule has 1 saturated heterocycles. The lowest BCUT2D eigenvalue weighted by atomic mass is 9.89. The zero-order valence-electron chi connectivity index (χ0n) is 17.6. The van der Waals surface area contributed by atoms with Gasteiger partial charge in [0.05, 0.1) is 11.1 Å². The van der Waals surface area contributed by atoms with E-state index < -0.39 is 29.2 Å². The van der Waals surface area contributed by atoms with Crippen molar-refractivity contribution in [1.82, 2.24) is 15.2 Å².